The number of hydrogen-bond donors (Lipinski definition) is 0. The number of halogens is 1. The zero-order valence-electron chi connectivity index (χ0n) is 23.2. The van der Waals surface area contributed by atoms with Crippen LogP contribution in [0, 0.1) is 6.92 Å². The molecule has 5 aromatic rings. The molecule has 0 saturated carbocycles. The van der Waals surface area contributed by atoms with Crippen molar-refractivity contribution in [2.24, 2.45) is 0 Å². The standard InChI is InChI=1S/C33H31ClO8/c1-22-20-28(35)42-32-26(22)10-11-27-30(32)29(23-6-3-2-4-7-23)33(41-27)31(36)24-8-5-9-25(21-24)40-19-18-39-17-16-38-15-14-37-13-12-34/h2-11,20-21H,12-19H2,1H3. The summed E-state index contributed by atoms with van der Waals surface area (Å²) in [5.74, 6) is 0.831. The lowest BCUT2D eigenvalue weighted by Gasteiger charge is -2.09. The second kappa shape index (κ2) is 14.3. The van der Waals surface area contributed by atoms with Gasteiger partial charge in [-0.1, -0.05) is 42.5 Å². The summed E-state index contributed by atoms with van der Waals surface area (Å²) in [7, 11) is 0. The number of carbonyl (C=O) groups is 1. The minimum absolute atomic E-state index is 0.154. The highest BCUT2D eigenvalue weighted by molar-refractivity contribution is 6.20. The normalized spacial score (nSPS) is 11.4. The summed E-state index contributed by atoms with van der Waals surface area (Å²) in [5, 5.41) is 1.36. The molecule has 3 aromatic carbocycles. The van der Waals surface area contributed by atoms with Crippen molar-refractivity contribution in [3.8, 4) is 16.9 Å². The first-order valence-corrected chi connectivity index (χ1v) is 14.2. The number of carbonyl (C=O) groups excluding carboxylic acids is 1. The molecule has 0 fully saturated rings. The minimum atomic E-state index is -0.463. The van der Waals surface area contributed by atoms with Crippen molar-refractivity contribution in [1.82, 2.24) is 0 Å². The second-order valence-corrected chi connectivity index (χ2v) is 9.85. The summed E-state index contributed by atoms with van der Waals surface area (Å²) in [5.41, 5.74) is 2.91. The van der Waals surface area contributed by atoms with Crippen molar-refractivity contribution < 1.29 is 32.6 Å². The molecule has 0 saturated heterocycles. The summed E-state index contributed by atoms with van der Waals surface area (Å²) >= 11 is 5.55. The average Bonchev–Trinajstić information content (AvgIpc) is 3.40. The van der Waals surface area contributed by atoms with E-state index in [1.807, 2.05) is 43.3 Å². The molecule has 0 aliphatic heterocycles. The SMILES string of the molecule is Cc1cc(=O)oc2c1ccc1oc(C(=O)c3cccc(OCCOCCOCCOCCCl)c3)c(-c3ccccc3)c12. The summed E-state index contributed by atoms with van der Waals surface area (Å²) in [4.78, 5) is 26.2. The van der Waals surface area contributed by atoms with E-state index >= 15 is 0 Å². The maximum Gasteiger partial charge on any atom is 0.336 e. The monoisotopic (exact) mass is 590 g/mol. The highest BCUT2D eigenvalue weighted by Crippen LogP contribution is 2.40. The van der Waals surface area contributed by atoms with E-state index in [1.54, 1.807) is 30.3 Å². The van der Waals surface area contributed by atoms with E-state index in [1.165, 1.54) is 6.07 Å². The van der Waals surface area contributed by atoms with Crippen LogP contribution >= 0.6 is 11.6 Å². The van der Waals surface area contributed by atoms with Crippen LogP contribution in [0.2, 0.25) is 0 Å². The average molecular weight is 591 g/mol. The summed E-state index contributed by atoms with van der Waals surface area (Å²) < 4.78 is 33.9. The van der Waals surface area contributed by atoms with Gasteiger partial charge in [0.05, 0.1) is 45.0 Å². The second-order valence-electron chi connectivity index (χ2n) is 9.47. The molecule has 0 amide bonds. The Kier molecular flexibility index (Phi) is 10.0. The molecule has 0 bridgehead atoms. The lowest BCUT2D eigenvalue weighted by molar-refractivity contribution is 0.0117. The van der Waals surface area contributed by atoms with Crippen molar-refractivity contribution in [1.29, 1.82) is 0 Å². The molecular weight excluding hydrogens is 560 g/mol. The fraction of sp³-hybridized carbons (Fsp3) is 0.273. The fourth-order valence-corrected chi connectivity index (χ4v) is 4.78. The van der Waals surface area contributed by atoms with Crippen molar-refractivity contribution in [3.05, 3.63) is 100 Å². The van der Waals surface area contributed by atoms with Gasteiger partial charge < -0.3 is 27.8 Å². The van der Waals surface area contributed by atoms with Gasteiger partial charge in [0.15, 0.2) is 5.76 Å². The predicted octanol–water partition coefficient (Wildman–Crippen LogP) is 6.41. The quantitative estimate of drug-likeness (QED) is 0.0597. The molecule has 42 heavy (non-hydrogen) atoms. The third-order valence-electron chi connectivity index (χ3n) is 6.60. The molecule has 9 heteroatoms. The molecule has 5 rings (SSSR count). The van der Waals surface area contributed by atoms with Crippen LogP contribution in [0.15, 0.2) is 86.4 Å². The zero-order valence-corrected chi connectivity index (χ0v) is 24.0. The van der Waals surface area contributed by atoms with Gasteiger partial charge in [-0.3, -0.25) is 4.79 Å². The van der Waals surface area contributed by atoms with Gasteiger partial charge >= 0.3 is 5.63 Å². The van der Waals surface area contributed by atoms with Crippen molar-refractivity contribution >= 4 is 39.3 Å². The molecule has 0 radical (unpaired) electrons. The van der Waals surface area contributed by atoms with Gasteiger partial charge in [0.1, 0.15) is 23.5 Å². The van der Waals surface area contributed by atoms with E-state index in [-0.39, 0.29) is 11.5 Å². The molecule has 2 heterocycles. The van der Waals surface area contributed by atoms with Crippen LogP contribution in [0.5, 0.6) is 5.75 Å². The Morgan fingerprint density at radius 2 is 1.50 bits per heavy atom. The van der Waals surface area contributed by atoms with Crippen LogP contribution in [-0.2, 0) is 14.2 Å². The first kappa shape index (κ1) is 29.5. The van der Waals surface area contributed by atoms with Gasteiger partial charge in [-0.15, -0.1) is 11.6 Å². The Morgan fingerprint density at radius 3 is 2.24 bits per heavy atom. The molecule has 0 N–H and O–H groups in total. The van der Waals surface area contributed by atoms with Gasteiger partial charge in [-0.2, -0.15) is 0 Å². The number of fused-ring (bicyclic) bond motifs is 3. The van der Waals surface area contributed by atoms with E-state index in [0.717, 1.165) is 16.5 Å². The van der Waals surface area contributed by atoms with Gasteiger partial charge in [0.25, 0.3) is 0 Å². The van der Waals surface area contributed by atoms with E-state index in [9.17, 15) is 9.59 Å². The molecular formula is C33H31ClO8. The van der Waals surface area contributed by atoms with Gasteiger partial charge in [-0.25, -0.2) is 4.79 Å². The topological polar surface area (TPSA) is 97.3 Å². The number of aryl methyl sites for hydroxylation is 1. The van der Waals surface area contributed by atoms with E-state index < -0.39 is 5.63 Å². The third kappa shape index (κ3) is 6.91. The number of ether oxygens (including phenoxy) is 4. The van der Waals surface area contributed by atoms with Crippen LogP contribution in [0.4, 0.5) is 0 Å². The Balaban J connectivity index is 1.32. The number of benzene rings is 3. The number of hydrogen-bond acceptors (Lipinski definition) is 8. The molecule has 0 aliphatic rings. The summed E-state index contributed by atoms with van der Waals surface area (Å²) in [6.07, 6.45) is 0. The number of rotatable bonds is 15. The maximum absolute atomic E-state index is 13.9. The van der Waals surface area contributed by atoms with Crippen LogP contribution in [0.25, 0.3) is 33.1 Å². The predicted molar refractivity (Wildman–Crippen MR) is 161 cm³/mol. The van der Waals surface area contributed by atoms with Gasteiger partial charge in [0, 0.05) is 28.5 Å². The fourth-order valence-electron chi connectivity index (χ4n) is 4.68. The van der Waals surface area contributed by atoms with Crippen molar-refractivity contribution in [2.45, 2.75) is 6.92 Å². The van der Waals surface area contributed by atoms with Gasteiger partial charge in [-0.05, 0) is 42.3 Å². The van der Waals surface area contributed by atoms with E-state index in [4.69, 9.17) is 39.4 Å². The highest BCUT2D eigenvalue weighted by Gasteiger charge is 2.26. The summed E-state index contributed by atoms with van der Waals surface area (Å²) in [6, 6.07) is 21.5. The number of furan rings is 1. The lowest BCUT2D eigenvalue weighted by atomic mass is 9.96. The Bertz CT molecular complexity index is 1710. The van der Waals surface area contributed by atoms with Gasteiger partial charge in [0.2, 0.25) is 5.78 Å². The molecule has 0 atom stereocenters. The molecule has 218 valence electrons. The third-order valence-corrected chi connectivity index (χ3v) is 6.75. The van der Waals surface area contributed by atoms with Crippen molar-refractivity contribution in [3.63, 3.8) is 0 Å². The largest absolute Gasteiger partial charge is 0.491 e. The highest BCUT2D eigenvalue weighted by atomic mass is 35.5. The number of alkyl halides is 1. The minimum Gasteiger partial charge on any atom is -0.491 e. The molecule has 0 spiro atoms. The van der Waals surface area contributed by atoms with E-state index in [0.29, 0.717) is 85.6 Å². The molecule has 2 aromatic heterocycles. The van der Waals surface area contributed by atoms with Crippen LogP contribution in [-0.4, -0.2) is 57.9 Å². The Labute approximate surface area is 247 Å². The molecule has 0 unspecified atom stereocenters. The smallest absolute Gasteiger partial charge is 0.336 e. The van der Waals surface area contributed by atoms with Crippen LogP contribution in [0.1, 0.15) is 21.7 Å². The number of ketones is 1. The Hall–Kier alpha value is -3.95. The van der Waals surface area contributed by atoms with E-state index in [2.05, 4.69) is 0 Å². The zero-order chi connectivity index (χ0) is 29.3. The Morgan fingerprint density at radius 1 is 0.786 bits per heavy atom. The van der Waals surface area contributed by atoms with Crippen molar-refractivity contribution in [2.75, 3.05) is 52.1 Å². The molecule has 8 nitrogen and oxygen atoms in total. The van der Waals surface area contributed by atoms with Crippen LogP contribution < -0.4 is 10.4 Å². The first-order chi connectivity index (χ1) is 20.6. The lowest BCUT2D eigenvalue weighted by Crippen LogP contribution is -2.13. The van der Waals surface area contributed by atoms with Crippen LogP contribution in [0.3, 0.4) is 0 Å². The first-order valence-electron chi connectivity index (χ1n) is 13.7. The summed E-state index contributed by atoms with van der Waals surface area (Å²) in [6.45, 7) is 4.90. The molecule has 0 aliphatic carbocycles. The maximum atomic E-state index is 13.9.